The van der Waals surface area contributed by atoms with E-state index in [0.717, 1.165) is 29.2 Å². The third-order valence-electron chi connectivity index (χ3n) is 5.45. The molecule has 2 aromatic carbocycles. The molecule has 0 amide bonds. The van der Waals surface area contributed by atoms with Crippen LogP contribution in [-0.4, -0.2) is 42.6 Å². The fourth-order valence-electron chi connectivity index (χ4n) is 3.78. The van der Waals surface area contributed by atoms with Crippen molar-refractivity contribution in [1.29, 1.82) is 0 Å². The van der Waals surface area contributed by atoms with Gasteiger partial charge >= 0.3 is 5.97 Å². The molecule has 0 radical (unpaired) electrons. The van der Waals surface area contributed by atoms with E-state index in [4.69, 9.17) is 14.2 Å². The summed E-state index contributed by atoms with van der Waals surface area (Å²) < 4.78 is 19.1. The van der Waals surface area contributed by atoms with Gasteiger partial charge in [0.2, 0.25) is 0 Å². The molecular formula is C27H36N2O4S. The lowest BCUT2D eigenvalue weighted by molar-refractivity contribution is -0.148. The number of methoxy groups -OCH3 is 1. The van der Waals surface area contributed by atoms with Crippen LogP contribution in [0.4, 0.5) is 11.4 Å². The molecule has 0 N–H and O–H groups in total. The van der Waals surface area contributed by atoms with Crippen molar-refractivity contribution in [3.05, 3.63) is 54.8 Å². The monoisotopic (exact) mass is 484 g/mol. The standard InChI is InChI=1S/C27H36N2O4S/c1-7-8-12-21-19-29(20-13-10-9-11-14-20)22-17-23(31-6)24(18-25(22)34-28(21)5)32-16-15-26(30)33-27(2,3)4/h9-11,13-18,21H,7-8,12,19H2,1-6H3/b16-15+. The molecule has 0 saturated carbocycles. The molecule has 184 valence electrons. The Balaban J connectivity index is 1.94. The number of likely N-dealkylation sites (N-methyl/N-ethyl adjacent to an activating group) is 1. The highest BCUT2D eigenvalue weighted by atomic mass is 32.2. The molecule has 34 heavy (non-hydrogen) atoms. The molecule has 3 rings (SSSR count). The second-order valence-electron chi connectivity index (χ2n) is 9.30. The van der Waals surface area contributed by atoms with Gasteiger partial charge in [-0.25, -0.2) is 9.10 Å². The minimum absolute atomic E-state index is 0.389. The number of ether oxygens (including phenoxy) is 3. The first-order valence-electron chi connectivity index (χ1n) is 11.7. The van der Waals surface area contributed by atoms with E-state index in [0.29, 0.717) is 17.5 Å². The van der Waals surface area contributed by atoms with Gasteiger partial charge in [0, 0.05) is 30.4 Å². The van der Waals surface area contributed by atoms with Gasteiger partial charge in [-0.15, -0.1) is 0 Å². The summed E-state index contributed by atoms with van der Waals surface area (Å²) in [6.07, 6.45) is 6.11. The fraction of sp³-hybridized carbons (Fsp3) is 0.444. The highest BCUT2D eigenvalue weighted by molar-refractivity contribution is 7.97. The lowest BCUT2D eigenvalue weighted by Gasteiger charge is -2.30. The van der Waals surface area contributed by atoms with Gasteiger partial charge in [0.15, 0.2) is 11.5 Å². The van der Waals surface area contributed by atoms with Crippen LogP contribution in [0.1, 0.15) is 47.0 Å². The van der Waals surface area contributed by atoms with Gasteiger partial charge in [-0.05, 0) is 58.3 Å². The van der Waals surface area contributed by atoms with Gasteiger partial charge < -0.3 is 19.1 Å². The van der Waals surface area contributed by atoms with Crippen LogP contribution >= 0.6 is 11.9 Å². The number of hydrogen-bond donors (Lipinski definition) is 0. The summed E-state index contributed by atoms with van der Waals surface area (Å²) >= 11 is 1.71. The Morgan fingerprint density at radius 2 is 1.91 bits per heavy atom. The number of rotatable bonds is 8. The molecule has 0 fully saturated rings. The number of carbonyl (C=O) groups is 1. The largest absolute Gasteiger partial charge is 0.493 e. The summed E-state index contributed by atoms with van der Waals surface area (Å²) in [6.45, 7) is 8.59. The molecule has 1 heterocycles. The maximum atomic E-state index is 12.0. The molecule has 1 aliphatic heterocycles. The molecule has 2 aromatic rings. The lowest BCUT2D eigenvalue weighted by Crippen LogP contribution is -2.35. The minimum Gasteiger partial charge on any atom is -0.493 e. The maximum absolute atomic E-state index is 12.0. The highest BCUT2D eigenvalue weighted by Gasteiger charge is 2.29. The third kappa shape index (κ3) is 6.93. The normalized spacial score (nSPS) is 16.8. The zero-order valence-electron chi connectivity index (χ0n) is 21.0. The van der Waals surface area contributed by atoms with Crippen molar-refractivity contribution in [1.82, 2.24) is 4.31 Å². The molecule has 1 unspecified atom stereocenters. The summed E-state index contributed by atoms with van der Waals surface area (Å²) in [7, 11) is 3.77. The molecule has 0 aromatic heterocycles. The van der Waals surface area contributed by atoms with Crippen LogP contribution in [0.3, 0.4) is 0 Å². The van der Waals surface area contributed by atoms with E-state index in [1.807, 2.05) is 39.0 Å². The topological polar surface area (TPSA) is 51.2 Å². The van der Waals surface area contributed by atoms with E-state index in [1.165, 1.54) is 25.2 Å². The zero-order chi connectivity index (χ0) is 24.7. The minimum atomic E-state index is -0.556. The second-order valence-corrected chi connectivity index (χ2v) is 10.5. The van der Waals surface area contributed by atoms with Crippen molar-refractivity contribution in [2.45, 2.75) is 63.5 Å². The Kier molecular flexibility index (Phi) is 8.91. The molecule has 0 bridgehead atoms. The molecule has 0 spiro atoms. The molecular weight excluding hydrogens is 448 g/mol. The predicted molar refractivity (Wildman–Crippen MR) is 139 cm³/mol. The van der Waals surface area contributed by atoms with E-state index in [1.54, 1.807) is 19.1 Å². The van der Waals surface area contributed by atoms with Crippen molar-refractivity contribution >= 4 is 29.3 Å². The summed E-state index contributed by atoms with van der Waals surface area (Å²) in [6, 6.07) is 14.8. The van der Waals surface area contributed by atoms with Gasteiger partial charge in [0.1, 0.15) is 5.60 Å². The number of carbonyl (C=O) groups excluding carboxylic acids is 1. The van der Waals surface area contributed by atoms with Crippen LogP contribution in [0.15, 0.2) is 59.7 Å². The van der Waals surface area contributed by atoms with E-state index in [-0.39, 0.29) is 0 Å². The average Bonchev–Trinajstić information content (AvgIpc) is 2.92. The first-order valence-corrected chi connectivity index (χ1v) is 12.5. The Labute approximate surface area is 208 Å². The number of esters is 1. The third-order valence-corrected chi connectivity index (χ3v) is 6.56. The van der Waals surface area contributed by atoms with Crippen LogP contribution in [0.25, 0.3) is 0 Å². The first kappa shape index (κ1) is 26.0. The van der Waals surface area contributed by atoms with Gasteiger partial charge in [0.25, 0.3) is 0 Å². The quantitative estimate of drug-likeness (QED) is 0.182. The van der Waals surface area contributed by atoms with Crippen LogP contribution in [0.2, 0.25) is 0 Å². The molecule has 6 nitrogen and oxygen atoms in total. The van der Waals surface area contributed by atoms with Crippen LogP contribution in [0.5, 0.6) is 11.5 Å². The van der Waals surface area contributed by atoms with E-state index in [2.05, 4.69) is 47.4 Å². The van der Waals surface area contributed by atoms with Gasteiger partial charge in [0.05, 0.1) is 30.0 Å². The fourth-order valence-corrected chi connectivity index (χ4v) is 4.84. The van der Waals surface area contributed by atoms with Crippen LogP contribution < -0.4 is 14.4 Å². The number of nitrogens with zero attached hydrogens (tertiary/aromatic N) is 2. The number of hydrogen-bond acceptors (Lipinski definition) is 7. The van der Waals surface area contributed by atoms with Crippen molar-refractivity contribution in [3.63, 3.8) is 0 Å². The van der Waals surface area contributed by atoms with E-state index in [9.17, 15) is 4.79 Å². The SMILES string of the molecule is CCCCC1CN(c2ccccc2)c2cc(OC)c(O/C=C/C(=O)OC(C)(C)C)cc2SN1C. The summed E-state index contributed by atoms with van der Waals surface area (Å²) in [5, 5.41) is 0. The molecule has 7 heteroatoms. The number of para-hydroxylation sites is 1. The average molecular weight is 485 g/mol. The second kappa shape index (κ2) is 11.7. The highest BCUT2D eigenvalue weighted by Crippen LogP contribution is 2.46. The Hall–Kier alpha value is -2.64. The molecule has 0 aliphatic carbocycles. The number of unbranched alkanes of at least 4 members (excludes halogenated alkanes) is 1. The van der Waals surface area contributed by atoms with Crippen molar-refractivity contribution in [3.8, 4) is 11.5 Å². The molecule has 0 saturated heterocycles. The van der Waals surface area contributed by atoms with Gasteiger partial charge in [-0.3, -0.25) is 0 Å². The number of fused-ring (bicyclic) bond motifs is 1. The smallest absolute Gasteiger partial charge is 0.334 e. The van der Waals surface area contributed by atoms with Crippen molar-refractivity contribution < 1.29 is 19.0 Å². The van der Waals surface area contributed by atoms with Crippen LogP contribution in [0, 0.1) is 0 Å². The summed E-state index contributed by atoms with van der Waals surface area (Å²) in [5.74, 6) is 0.690. The van der Waals surface area contributed by atoms with Crippen molar-refractivity contribution in [2.75, 3.05) is 25.6 Å². The number of benzene rings is 2. The summed E-state index contributed by atoms with van der Waals surface area (Å²) in [5.41, 5.74) is 1.66. The Morgan fingerprint density at radius 1 is 1.18 bits per heavy atom. The Bertz CT molecular complexity index is 988. The molecule has 1 atom stereocenters. The van der Waals surface area contributed by atoms with Crippen LogP contribution in [-0.2, 0) is 9.53 Å². The maximum Gasteiger partial charge on any atom is 0.334 e. The van der Waals surface area contributed by atoms with Crippen molar-refractivity contribution in [2.24, 2.45) is 0 Å². The predicted octanol–water partition coefficient (Wildman–Crippen LogP) is 6.58. The number of anilines is 2. The Morgan fingerprint density at radius 3 is 2.56 bits per heavy atom. The molecule has 1 aliphatic rings. The van der Waals surface area contributed by atoms with Gasteiger partial charge in [-0.1, -0.05) is 38.0 Å². The van der Waals surface area contributed by atoms with E-state index < -0.39 is 11.6 Å². The van der Waals surface area contributed by atoms with E-state index >= 15 is 0 Å². The zero-order valence-corrected chi connectivity index (χ0v) is 21.9. The summed E-state index contributed by atoms with van der Waals surface area (Å²) in [4.78, 5) is 15.4. The first-order chi connectivity index (χ1) is 16.2. The van der Waals surface area contributed by atoms with Gasteiger partial charge in [-0.2, -0.15) is 0 Å². The lowest BCUT2D eigenvalue weighted by atomic mass is 10.1.